The Labute approximate surface area is 139 Å². The monoisotopic (exact) mass is 319 g/mol. The van der Waals surface area contributed by atoms with Crippen LogP contribution in [0, 0.1) is 5.92 Å². The van der Waals surface area contributed by atoms with Crippen molar-refractivity contribution in [2.24, 2.45) is 5.92 Å². The van der Waals surface area contributed by atoms with Crippen LogP contribution in [-0.4, -0.2) is 53.7 Å². The Morgan fingerprint density at radius 3 is 2.61 bits per heavy atom. The lowest BCUT2D eigenvalue weighted by Crippen LogP contribution is -2.34. The summed E-state index contributed by atoms with van der Waals surface area (Å²) in [6, 6.07) is 5.24. The number of aromatic nitrogens is 1. The number of piperidine rings is 1. The number of hydrogen-bond acceptors (Lipinski definition) is 4. The maximum Gasteiger partial charge on any atom is 0.354 e. The highest BCUT2D eigenvalue weighted by Crippen LogP contribution is 2.25. The summed E-state index contributed by atoms with van der Waals surface area (Å²) in [6.45, 7) is 9.88. The molecular weight excluding hydrogens is 290 g/mol. The molecule has 128 valence electrons. The second kappa shape index (κ2) is 8.87. The van der Waals surface area contributed by atoms with Crippen LogP contribution >= 0.6 is 0 Å². The molecule has 0 amide bonds. The van der Waals surface area contributed by atoms with Gasteiger partial charge in [0.05, 0.1) is 0 Å². The lowest BCUT2D eigenvalue weighted by molar-refractivity contribution is 0.0690. The average Bonchev–Trinajstić information content (AvgIpc) is 2.59. The van der Waals surface area contributed by atoms with Crippen LogP contribution in [0.2, 0.25) is 0 Å². The van der Waals surface area contributed by atoms with Crippen molar-refractivity contribution >= 4 is 11.8 Å². The molecule has 1 aromatic heterocycles. The van der Waals surface area contributed by atoms with Gasteiger partial charge in [0.25, 0.3) is 0 Å². The summed E-state index contributed by atoms with van der Waals surface area (Å²) in [7, 11) is 0. The van der Waals surface area contributed by atoms with Crippen molar-refractivity contribution in [1.29, 1.82) is 0 Å². The molecule has 5 nitrogen and oxygen atoms in total. The van der Waals surface area contributed by atoms with Gasteiger partial charge in [0, 0.05) is 13.1 Å². The molecule has 2 rings (SSSR count). The van der Waals surface area contributed by atoms with Crippen LogP contribution in [0.15, 0.2) is 18.2 Å². The molecule has 0 saturated carbocycles. The number of carboxylic acids is 1. The van der Waals surface area contributed by atoms with Gasteiger partial charge in [0.15, 0.2) is 5.69 Å². The van der Waals surface area contributed by atoms with Crippen LogP contribution in [-0.2, 0) is 0 Å². The molecule has 1 fully saturated rings. The SMILES string of the molecule is CCN(CC)CCCC1CCN(c2cccc(C(=O)O)n2)CC1. The number of pyridine rings is 1. The molecule has 1 N–H and O–H groups in total. The van der Waals surface area contributed by atoms with Crippen molar-refractivity contribution in [3.8, 4) is 0 Å². The van der Waals surface area contributed by atoms with E-state index in [1.165, 1.54) is 32.2 Å². The molecule has 0 unspecified atom stereocenters. The van der Waals surface area contributed by atoms with Crippen LogP contribution in [0.3, 0.4) is 0 Å². The van der Waals surface area contributed by atoms with Gasteiger partial charge in [-0.15, -0.1) is 0 Å². The molecule has 1 aliphatic rings. The average molecular weight is 319 g/mol. The fourth-order valence-electron chi connectivity index (χ4n) is 3.31. The van der Waals surface area contributed by atoms with E-state index in [4.69, 9.17) is 5.11 Å². The Morgan fingerprint density at radius 2 is 2.00 bits per heavy atom. The lowest BCUT2D eigenvalue weighted by atomic mass is 9.92. The van der Waals surface area contributed by atoms with E-state index in [0.717, 1.165) is 37.9 Å². The molecule has 0 aliphatic carbocycles. The number of aromatic carboxylic acids is 1. The number of anilines is 1. The van der Waals surface area contributed by atoms with Gasteiger partial charge >= 0.3 is 5.97 Å². The van der Waals surface area contributed by atoms with Gasteiger partial charge in [0.2, 0.25) is 0 Å². The fourth-order valence-corrected chi connectivity index (χ4v) is 3.31. The zero-order chi connectivity index (χ0) is 16.7. The van der Waals surface area contributed by atoms with Gasteiger partial charge in [-0.05, 0) is 63.4 Å². The van der Waals surface area contributed by atoms with E-state index in [1.807, 2.05) is 6.07 Å². The predicted octanol–water partition coefficient (Wildman–Crippen LogP) is 3.12. The highest BCUT2D eigenvalue weighted by molar-refractivity contribution is 5.85. The van der Waals surface area contributed by atoms with Gasteiger partial charge < -0.3 is 14.9 Å². The molecular formula is C18H29N3O2. The van der Waals surface area contributed by atoms with Crippen molar-refractivity contribution in [3.63, 3.8) is 0 Å². The number of rotatable bonds is 8. The van der Waals surface area contributed by atoms with Gasteiger partial charge in [-0.2, -0.15) is 0 Å². The highest BCUT2D eigenvalue weighted by atomic mass is 16.4. The van der Waals surface area contributed by atoms with E-state index in [2.05, 4.69) is 28.6 Å². The van der Waals surface area contributed by atoms with Crippen LogP contribution in [0.25, 0.3) is 0 Å². The topological polar surface area (TPSA) is 56.7 Å². The summed E-state index contributed by atoms with van der Waals surface area (Å²) in [5.74, 6) is 0.633. The third-order valence-electron chi connectivity index (χ3n) is 4.87. The first-order valence-electron chi connectivity index (χ1n) is 8.81. The third kappa shape index (κ3) is 5.20. The third-order valence-corrected chi connectivity index (χ3v) is 4.87. The molecule has 0 atom stereocenters. The summed E-state index contributed by atoms with van der Waals surface area (Å²) < 4.78 is 0. The quantitative estimate of drug-likeness (QED) is 0.798. The Balaban J connectivity index is 1.77. The Hall–Kier alpha value is -1.62. The molecule has 1 saturated heterocycles. The molecule has 1 aliphatic heterocycles. The summed E-state index contributed by atoms with van der Waals surface area (Å²) in [5, 5.41) is 9.05. The van der Waals surface area contributed by atoms with E-state index in [-0.39, 0.29) is 5.69 Å². The predicted molar refractivity (Wildman–Crippen MR) is 93.2 cm³/mol. The van der Waals surface area contributed by atoms with Gasteiger partial charge in [-0.25, -0.2) is 9.78 Å². The summed E-state index contributed by atoms with van der Waals surface area (Å²) in [4.78, 5) is 20.0. The summed E-state index contributed by atoms with van der Waals surface area (Å²) in [6.07, 6.45) is 4.93. The van der Waals surface area contributed by atoms with Gasteiger partial charge in [0.1, 0.15) is 5.82 Å². The standard InChI is InChI=1S/C18H29N3O2/c1-3-20(4-2)12-6-7-15-10-13-21(14-11-15)17-9-5-8-16(19-17)18(22)23/h5,8-9,15H,3-4,6-7,10-14H2,1-2H3,(H,22,23). The van der Waals surface area contributed by atoms with Crippen molar-refractivity contribution in [3.05, 3.63) is 23.9 Å². The maximum absolute atomic E-state index is 11.0. The number of carbonyl (C=O) groups is 1. The zero-order valence-electron chi connectivity index (χ0n) is 14.4. The molecule has 0 bridgehead atoms. The first-order valence-corrected chi connectivity index (χ1v) is 8.81. The number of hydrogen-bond donors (Lipinski definition) is 1. The van der Waals surface area contributed by atoms with Crippen molar-refractivity contribution in [2.45, 2.75) is 39.5 Å². The van der Waals surface area contributed by atoms with Crippen LogP contribution < -0.4 is 4.90 Å². The fraction of sp³-hybridized carbons (Fsp3) is 0.667. The Morgan fingerprint density at radius 1 is 1.30 bits per heavy atom. The highest BCUT2D eigenvalue weighted by Gasteiger charge is 2.20. The van der Waals surface area contributed by atoms with Gasteiger partial charge in [-0.3, -0.25) is 0 Å². The van der Waals surface area contributed by atoms with Crippen LogP contribution in [0.5, 0.6) is 0 Å². The largest absolute Gasteiger partial charge is 0.477 e. The van der Waals surface area contributed by atoms with E-state index in [1.54, 1.807) is 12.1 Å². The Bertz CT molecular complexity index is 495. The minimum Gasteiger partial charge on any atom is -0.477 e. The van der Waals surface area contributed by atoms with E-state index in [9.17, 15) is 4.79 Å². The van der Waals surface area contributed by atoms with Crippen LogP contribution in [0.4, 0.5) is 5.82 Å². The normalized spacial score (nSPS) is 16.0. The molecule has 0 aromatic carbocycles. The lowest BCUT2D eigenvalue weighted by Gasteiger charge is -2.33. The summed E-state index contributed by atoms with van der Waals surface area (Å²) in [5.41, 5.74) is 0.129. The molecule has 23 heavy (non-hydrogen) atoms. The maximum atomic E-state index is 11.0. The first-order chi connectivity index (χ1) is 11.1. The minimum absolute atomic E-state index is 0.129. The Kier molecular flexibility index (Phi) is 6.84. The second-order valence-corrected chi connectivity index (χ2v) is 6.29. The molecule has 1 aromatic rings. The summed E-state index contributed by atoms with van der Waals surface area (Å²) >= 11 is 0. The number of nitrogens with zero attached hydrogens (tertiary/aromatic N) is 3. The van der Waals surface area contributed by atoms with Crippen molar-refractivity contribution in [1.82, 2.24) is 9.88 Å². The minimum atomic E-state index is -0.960. The number of carboxylic acid groups (broad SMARTS) is 1. The van der Waals surface area contributed by atoms with Crippen LogP contribution in [0.1, 0.15) is 50.0 Å². The van der Waals surface area contributed by atoms with E-state index < -0.39 is 5.97 Å². The zero-order valence-corrected chi connectivity index (χ0v) is 14.4. The smallest absolute Gasteiger partial charge is 0.354 e. The molecule has 5 heteroatoms. The second-order valence-electron chi connectivity index (χ2n) is 6.29. The van der Waals surface area contributed by atoms with E-state index in [0.29, 0.717) is 0 Å². The first kappa shape index (κ1) is 17.7. The molecule has 0 spiro atoms. The molecule has 2 heterocycles. The van der Waals surface area contributed by atoms with E-state index >= 15 is 0 Å². The van der Waals surface area contributed by atoms with Crippen molar-refractivity contribution in [2.75, 3.05) is 37.6 Å². The van der Waals surface area contributed by atoms with Gasteiger partial charge in [-0.1, -0.05) is 19.9 Å². The molecule has 0 radical (unpaired) electrons. The van der Waals surface area contributed by atoms with Crippen molar-refractivity contribution < 1.29 is 9.90 Å².